The van der Waals surface area contributed by atoms with Crippen molar-refractivity contribution in [1.29, 1.82) is 0 Å². The molecule has 86 valence electrons. The smallest absolute Gasteiger partial charge is 0.306 e. The summed E-state index contributed by atoms with van der Waals surface area (Å²) in [4.78, 5) is 20.7. The monoisotopic (exact) mass is 227 g/mol. The largest absolute Gasteiger partial charge is 0.324 e. The van der Waals surface area contributed by atoms with Gasteiger partial charge in [0.2, 0.25) is 11.7 Å². The normalized spacial score (nSPS) is 11.9. The minimum absolute atomic E-state index is 0.135. The van der Waals surface area contributed by atoms with Crippen LogP contribution in [-0.2, 0) is 4.79 Å². The van der Waals surface area contributed by atoms with Crippen LogP contribution in [0.3, 0.4) is 0 Å². The predicted octanol–water partition coefficient (Wildman–Crippen LogP) is 1.02. The second-order valence-corrected chi connectivity index (χ2v) is 3.20. The Kier molecular flexibility index (Phi) is 3.51. The number of carbonyl (C=O) groups excluding carboxylic acids is 1. The van der Waals surface area contributed by atoms with Crippen LogP contribution in [0.25, 0.3) is 0 Å². The molecule has 0 aliphatic heterocycles. The molecule has 6 nitrogen and oxygen atoms in total. The molecule has 7 heteroatoms. The van der Waals surface area contributed by atoms with Crippen LogP contribution in [0.1, 0.15) is 6.92 Å². The maximum atomic E-state index is 12.9. The number of nitro benzene ring substituents is 1. The van der Waals surface area contributed by atoms with Crippen LogP contribution in [0, 0.1) is 15.9 Å². The SMILES string of the molecule is C[C@H](N)C(=O)Nc1ccc(F)c([N+](=O)[O-])c1. The quantitative estimate of drug-likeness (QED) is 0.594. The van der Waals surface area contributed by atoms with Crippen LogP contribution in [-0.4, -0.2) is 16.9 Å². The molecule has 3 N–H and O–H groups in total. The molecule has 1 aromatic rings. The topological polar surface area (TPSA) is 98.3 Å². The molecule has 0 unspecified atom stereocenters. The van der Waals surface area contributed by atoms with E-state index in [1.165, 1.54) is 13.0 Å². The maximum Gasteiger partial charge on any atom is 0.306 e. The second-order valence-electron chi connectivity index (χ2n) is 3.20. The molecule has 1 atom stereocenters. The van der Waals surface area contributed by atoms with Gasteiger partial charge in [0.05, 0.1) is 11.0 Å². The number of anilines is 1. The number of nitrogens with one attached hydrogen (secondary N) is 1. The van der Waals surface area contributed by atoms with Crippen molar-refractivity contribution in [3.63, 3.8) is 0 Å². The third-order valence-electron chi connectivity index (χ3n) is 1.82. The summed E-state index contributed by atoms with van der Waals surface area (Å²) in [7, 11) is 0. The van der Waals surface area contributed by atoms with Gasteiger partial charge >= 0.3 is 5.69 Å². The van der Waals surface area contributed by atoms with E-state index in [-0.39, 0.29) is 5.69 Å². The van der Waals surface area contributed by atoms with Crippen molar-refractivity contribution in [2.75, 3.05) is 5.32 Å². The summed E-state index contributed by atoms with van der Waals surface area (Å²) in [6.07, 6.45) is 0. The minimum atomic E-state index is -0.955. The fourth-order valence-electron chi connectivity index (χ4n) is 0.986. The zero-order valence-corrected chi connectivity index (χ0v) is 8.44. The van der Waals surface area contributed by atoms with Crippen LogP contribution >= 0.6 is 0 Å². The molecule has 0 saturated carbocycles. The zero-order valence-electron chi connectivity index (χ0n) is 8.44. The number of amides is 1. The number of carbonyl (C=O) groups is 1. The average molecular weight is 227 g/mol. The lowest BCUT2D eigenvalue weighted by atomic mass is 10.2. The molecule has 0 aromatic heterocycles. The van der Waals surface area contributed by atoms with Crippen molar-refractivity contribution >= 4 is 17.3 Å². The Bertz CT molecular complexity index is 434. The highest BCUT2D eigenvalue weighted by Crippen LogP contribution is 2.21. The Morgan fingerprint density at radius 2 is 2.25 bits per heavy atom. The number of hydrogen-bond acceptors (Lipinski definition) is 4. The van der Waals surface area contributed by atoms with Crippen LogP contribution in [0.4, 0.5) is 15.8 Å². The van der Waals surface area contributed by atoms with Gasteiger partial charge in [0, 0.05) is 11.8 Å². The molecule has 1 amide bonds. The summed E-state index contributed by atoms with van der Waals surface area (Å²) in [6.45, 7) is 1.47. The fourth-order valence-corrected chi connectivity index (χ4v) is 0.986. The third kappa shape index (κ3) is 2.74. The summed E-state index contributed by atoms with van der Waals surface area (Å²) in [6, 6.07) is 2.33. The summed E-state index contributed by atoms with van der Waals surface area (Å²) in [5, 5.41) is 12.8. The van der Waals surface area contributed by atoms with Crippen molar-refractivity contribution in [3.05, 3.63) is 34.1 Å². The van der Waals surface area contributed by atoms with Gasteiger partial charge in [0.15, 0.2) is 0 Å². The Morgan fingerprint density at radius 1 is 1.62 bits per heavy atom. The van der Waals surface area contributed by atoms with E-state index in [0.29, 0.717) is 0 Å². The van der Waals surface area contributed by atoms with Gasteiger partial charge in [0.25, 0.3) is 0 Å². The van der Waals surface area contributed by atoms with Crippen molar-refractivity contribution in [1.82, 2.24) is 0 Å². The maximum absolute atomic E-state index is 12.9. The summed E-state index contributed by atoms with van der Waals surface area (Å²) >= 11 is 0. The van der Waals surface area contributed by atoms with Crippen LogP contribution < -0.4 is 11.1 Å². The number of rotatable bonds is 3. The first-order chi connectivity index (χ1) is 7.41. The lowest BCUT2D eigenvalue weighted by Crippen LogP contribution is -2.32. The van der Waals surface area contributed by atoms with Crippen molar-refractivity contribution in [2.45, 2.75) is 13.0 Å². The van der Waals surface area contributed by atoms with Gasteiger partial charge in [0.1, 0.15) is 0 Å². The molecule has 16 heavy (non-hydrogen) atoms. The van der Waals surface area contributed by atoms with Crippen LogP contribution in [0.5, 0.6) is 0 Å². The molecule has 0 bridgehead atoms. The summed E-state index contributed by atoms with van der Waals surface area (Å²) < 4.78 is 12.9. The molecule has 1 rings (SSSR count). The molecule has 0 aliphatic rings. The van der Waals surface area contributed by atoms with E-state index < -0.39 is 28.4 Å². The highest BCUT2D eigenvalue weighted by molar-refractivity contribution is 5.94. The van der Waals surface area contributed by atoms with Gasteiger partial charge in [-0.25, -0.2) is 0 Å². The van der Waals surface area contributed by atoms with E-state index in [4.69, 9.17) is 5.73 Å². The molecule has 0 fully saturated rings. The second kappa shape index (κ2) is 4.67. The summed E-state index contributed by atoms with van der Waals surface area (Å²) in [5.74, 6) is -1.45. The Morgan fingerprint density at radius 3 is 2.75 bits per heavy atom. The number of halogens is 1. The highest BCUT2D eigenvalue weighted by atomic mass is 19.1. The molecular formula is C9H10FN3O3. The third-order valence-corrected chi connectivity index (χ3v) is 1.82. The summed E-state index contributed by atoms with van der Waals surface area (Å²) in [5.41, 5.74) is 4.73. The van der Waals surface area contributed by atoms with E-state index in [2.05, 4.69) is 5.32 Å². The van der Waals surface area contributed by atoms with E-state index in [1.54, 1.807) is 0 Å². The molecule has 0 spiro atoms. The lowest BCUT2D eigenvalue weighted by molar-refractivity contribution is -0.387. The number of nitro groups is 1. The molecule has 0 heterocycles. The Hall–Kier alpha value is -2.02. The molecule has 1 aromatic carbocycles. The van der Waals surface area contributed by atoms with Crippen molar-refractivity contribution < 1.29 is 14.1 Å². The fraction of sp³-hybridized carbons (Fsp3) is 0.222. The predicted molar refractivity (Wildman–Crippen MR) is 55.3 cm³/mol. The molecule has 0 aliphatic carbocycles. The number of benzene rings is 1. The first-order valence-corrected chi connectivity index (χ1v) is 4.42. The lowest BCUT2D eigenvalue weighted by Gasteiger charge is -2.07. The molecule has 0 saturated heterocycles. The van der Waals surface area contributed by atoms with Crippen molar-refractivity contribution in [3.8, 4) is 0 Å². The van der Waals surface area contributed by atoms with Crippen molar-refractivity contribution in [2.24, 2.45) is 5.73 Å². The standard InChI is InChI=1S/C9H10FN3O3/c1-5(11)9(14)12-6-2-3-7(10)8(4-6)13(15)16/h2-5H,11H2,1H3,(H,12,14)/t5-/m0/s1. The Balaban J connectivity index is 2.95. The Labute approximate surface area is 90.4 Å². The van der Waals surface area contributed by atoms with Gasteiger partial charge in [-0.05, 0) is 19.1 Å². The van der Waals surface area contributed by atoms with Gasteiger partial charge in [-0.1, -0.05) is 0 Å². The number of nitrogens with zero attached hydrogens (tertiary/aromatic N) is 1. The van der Waals surface area contributed by atoms with E-state index >= 15 is 0 Å². The molecular weight excluding hydrogens is 217 g/mol. The first-order valence-electron chi connectivity index (χ1n) is 4.42. The van der Waals surface area contributed by atoms with Crippen LogP contribution in [0.2, 0.25) is 0 Å². The minimum Gasteiger partial charge on any atom is -0.324 e. The zero-order chi connectivity index (χ0) is 12.3. The van der Waals surface area contributed by atoms with Gasteiger partial charge < -0.3 is 11.1 Å². The van der Waals surface area contributed by atoms with E-state index in [1.807, 2.05) is 0 Å². The van der Waals surface area contributed by atoms with Gasteiger partial charge in [-0.2, -0.15) is 4.39 Å². The van der Waals surface area contributed by atoms with Crippen LogP contribution in [0.15, 0.2) is 18.2 Å². The first kappa shape index (κ1) is 12.1. The van der Waals surface area contributed by atoms with E-state index in [9.17, 15) is 19.3 Å². The average Bonchev–Trinajstić information content (AvgIpc) is 2.20. The highest BCUT2D eigenvalue weighted by Gasteiger charge is 2.16. The molecule has 0 radical (unpaired) electrons. The number of nitrogens with two attached hydrogens (primary N) is 1. The number of hydrogen-bond donors (Lipinski definition) is 2. The van der Waals surface area contributed by atoms with E-state index in [0.717, 1.165) is 12.1 Å². The van der Waals surface area contributed by atoms with Gasteiger partial charge in [-0.15, -0.1) is 0 Å². The van der Waals surface area contributed by atoms with Gasteiger partial charge in [-0.3, -0.25) is 14.9 Å².